The van der Waals surface area contributed by atoms with Crippen LogP contribution in [-0.4, -0.2) is 28.3 Å². The van der Waals surface area contributed by atoms with Crippen LogP contribution in [-0.2, 0) is 0 Å². The molecule has 0 aliphatic heterocycles. The molecular formula is C12H16ClNO3. The summed E-state index contributed by atoms with van der Waals surface area (Å²) >= 11 is 5.84. The molecule has 94 valence electrons. The van der Waals surface area contributed by atoms with Crippen molar-refractivity contribution in [2.24, 2.45) is 0 Å². The third-order valence-corrected chi connectivity index (χ3v) is 2.92. The highest BCUT2D eigenvalue weighted by molar-refractivity contribution is 6.33. The van der Waals surface area contributed by atoms with Gasteiger partial charge in [0.25, 0.3) is 5.91 Å². The second kappa shape index (κ2) is 5.38. The van der Waals surface area contributed by atoms with Gasteiger partial charge in [-0.3, -0.25) is 4.79 Å². The summed E-state index contributed by atoms with van der Waals surface area (Å²) in [6, 6.07) is 4.14. The molecule has 3 N–H and O–H groups in total. The highest BCUT2D eigenvalue weighted by atomic mass is 35.5. The molecule has 0 saturated carbocycles. The maximum absolute atomic E-state index is 11.8. The zero-order valence-corrected chi connectivity index (χ0v) is 10.6. The highest BCUT2D eigenvalue weighted by Crippen LogP contribution is 2.21. The van der Waals surface area contributed by atoms with E-state index in [2.05, 4.69) is 5.32 Å². The van der Waals surface area contributed by atoms with Gasteiger partial charge in [0.15, 0.2) is 0 Å². The molecule has 1 aromatic rings. The number of aliphatic hydroxyl groups is 1. The van der Waals surface area contributed by atoms with E-state index < -0.39 is 11.5 Å². The van der Waals surface area contributed by atoms with Crippen LogP contribution < -0.4 is 5.32 Å². The SMILES string of the molecule is CCC(C)(O)CNC(=O)c1cc(O)ccc1Cl. The summed E-state index contributed by atoms with van der Waals surface area (Å²) in [6.45, 7) is 3.60. The lowest BCUT2D eigenvalue weighted by Gasteiger charge is -2.21. The summed E-state index contributed by atoms with van der Waals surface area (Å²) in [4.78, 5) is 11.8. The normalized spacial score (nSPS) is 14.1. The Bertz CT molecular complexity index is 418. The zero-order chi connectivity index (χ0) is 13.1. The first-order chi connectivity index (χ1) is 7.85. The molecule has 1 rings (SSSR count). The zero-order valence-electron chi connectivity index (χ0n) is 9.83. The minimum absolute atomic E-state index is 0.0261. The first kappa shape index (κ1) is 13.8. The average molecular weight is 258 g/mol. The topological polar surface area (TPSA) is 69.6 Å². The molecule has 0 radical (unpaired) electrons. The predicted molar refractivity (Wildman–Crippen MR) is 66.4 cm³/mol. The number of nitrogens with one attached hydrogen (secondary N) is 1. The number of hydrogen-bond donors (Lipinski definition) is 3. The molecule has 0 heterocycles. The lowest BCUT2D eigenvalue weighted by molar-refractivity contribution is 0.0518. The molecule has 0 fully saturated rings. The van der Waals surface area contributed by atoms with Crippen molar-refractivity contribution in [2.75, 3.05) is 6.54 Å². The summed E-state index contributed by atoms with van der Waals surface area (Å²) in [5.41, 5.74) is -0.752. The quantitative estimate of drug-likeness (QED) is 0.772. The fourth-order valence-corrected chi connectivity index (χ4v) is 1.38. The Kier molecular flexibility index (Phi) is 4.37. The van der Waals surface area contributed by atoms with Gasteiger partial charge < -0.3 is 15.5 Å². The van der Waals surface area contributed by atoms with Crippen molar-refractivity contribution in [3.05, 3.63) is 28.8 Å². The van der Waals surface area contributed by atoms with Crippen molar-refractivity contribution in [1.82, 2.24) is 5.32 Å². The van der Waals surface area contributed by atoms with Crippen molar-refractivity contribution in [3.63, 3.8) is 0 Å². The first-order valence-electron chi connectivity index (χ1n) is 5.35. The smallest absolute Gasteiger partial charge is 0.253 e. The number of halogens is 1. The van der Waals surface area contributed by atoms with Crippen molar-refractivity contribution in [1.29, 1.82) is 0 Å². The highest BCUT2D eigenvalue weighted by Gasteiger charge is 2.19. The number of phenolic OH excluding ortho intramolecular Hbond substituents is 1. The van der Waals surface area contributed by atoms with E-state index in [0.717, 1.165) is 0 Å². The second-order valence-electron chi connectivity index (χ2n) is 4.20. The monoisotopic (exact) mass is 257 g/mol. The van der Waals surface area contributed by atoms with Crippen LogP contribution in [0.25, 0.3) is 0 Å². The molecule has 0 spiro atoms. The number of rotatable bonds is 4. The molecule has 0 bridgehead atoms. The van der Waals surface area contributed by atoms with Crippen LogP contribution >= 0.6 is 11.6 Å². The fraction of sp³-hybridized carbons (Fsp3) is 0.417. The Labute approximate surface area is 105 Å². The maximum atomic E-state index is 11.8. The molecule has 0 aromatic heterocycles. The predicted octanol–water partition coefficient (Wildman–Crippen LogP) is 1.94. The molecule has 1 unspecified atom stereocenters. The number of benzene rings is 1. The molecule has 1 aromatic carbocycles. The van der Waals surface area contributed by atoms with Crippen molar-refractivity contribution < 1.29 is 15.0 Å². The Morgan fingerprint density at radius 3 is 2.76 bits per heavy atom. The number of phenols is 1. The Morgan fingerprint density at radius 2 is 2.18 bits per heavy atom. The number of aromatic hydroxyl groups is 1. The minimum atomic E-state index is -0.945. The molecule has 4 nitrogen and oxygen atoms in total. The molecule has 0 saturated heterocycles. The van der Waals surface area contributed by atoms with Gasteiger partial charge in [-0.15, -0.1) is 0 Å². The summed E-state index contributed by atoms with van der Waals surface area (Å²) in [5, 5.41) is 21.9. The van der Waals surface area contributed by atoms with Crippen LogP contribution in [0.15, 0.2) is 18.2 Å². The second-order valence-corrected chi connectivity index (χ2v) is 4.60. The summed E-state index contributed by atoms with van der Waals surface area (Å²) in [7, 11) is 0. The molecular weight excluding hydrogens is 242 g/mol. The number of hydrogen-bond acceptors (Lipinski definition) is 3. The molecule has 1 atom stereocenters. The van der Waals surface area contributed by atoms with Gasteiger partial charge in [0.2, 0.25) is 0 Å². The van der Waals surface area contributed by atoms with Crippen molar-refractivity contribution in [3.8, 4) is 5.75 Å². The Morgan fingerprint density at radius 1 is 1.53 bits per heavy atom. The van der Waals surface area contributed by atoms with Crippen molar-refractivity contribution >= 4 is 17.5 Å². The first-order valence-corrected chi connectivity index (χ1v) is 5.72. The Balaban J connectivity index is 2.74. The third-order valence-electron chi connectivity index (χ3n) is 2.59. The molecule has 1 amide bonds. The average Bonchev–Trinajstić information content (AvgIpc) is 2.29. The molecule has 0 aliphatic rings. The van der Waals surface area contributed by atoms with E-state index in [1.165, 1.54) is 18.2 Å². The van der Waals surface area contributed by atoms with Gasteiger partial charge >= 0.3 is 0 Å². The van der Waals surface area contributed by atoms with Crippen LogP contribution in [0.5, 0.6) is 5.75 Å². The Hall–Kier alpha value is -1.26. The van der Waals surface area contributed by atoms with Gasteiger partial charge in [0.05, 0.1) is 16.2 Å². The van der Waals surface area contributed by atoms with Crippen LogP contribution in [0.4, 0.5) is 0 Å². The molecule has 17 heavy (non-hydrogen) atoms. The molecule has 5 heteroatoms. The minimum Gasteiger partial charge on any atom is -0.508 e. The lowest BCUT2D eigenvalue weighted by atomic mass is 10.0. The van der Waals surface area contributed by atoms with Gasteiger partial charge in [-0.05, 0) is 31.5 Å². The van der Waals surface area contributed by atoms with Crippen molar-refractivity contribution in [2.45, 2.75) is 25.9 Å². The number of amides is 1. The van der Waals surface area contributed by atoms with E-state index in [0.29, 0.717) is 6.42 Å². The summed E-state index contributed by atoms with van der Waals surface area (Å²) < 4.78 is 0. The van der Waals surface area contributed by atoms with Crippen LogP contribution in [0, 0.1) is 0 Å². The van der Waals surface area contributed by atoms with Gasteiger partial charge in [-0.25, -0.2) is 0 Å². The van der Waals surface area contributed by atoms with Gasteiger partial charge in [0, 0.05) is 6.54 Å². The van der Waals surface area contributed by atoms with E-state index in [9.17, 15) is 15.0 Å². The standard InChI is InChI=1S/C12H16ClNO3/c1-3-12(2,17)7-14-11(16)9-6-8(15)4-5-10(9)13/h4-6,15,17H,3,7H2,1-2H3,(H,14,16). The molecule has 0 aliphatic carbocycles. The maximum Gasteiger partial charge on any atom is 0.253 e. The van der Waals surface area contributed by atoms with Crippen LogP contribution in [0.3, 0.4) is 0 Å². The lowest BCUT2D eigenvalue weighted by Crippen LogP contribution is -2.40. The summed E-state index contributed by atoms with van der Waals surface area (Å²) in [6.07, 6.45) is 0.529. The number of carbonyl (C=O) groups excluding carboxylic acids is 1. The van der Waals surface area contributed by atoms with E-state index in [1.807, 2.05) is 6.92 Å². The van der Waals surface area contributed by atoms with E-state index in [1.54, 1.807) is 6.92 Å². The van der Waals surface area contributed by atoms with Crippen LogP contribution in [0.1, 0.15) is 30.6 Å². The van der Waals surface area contributed by atoms with Gasteiger partial charge in [-0.1, -0.05) is 18.5 Å². The largest absolute Gasteiger partial charge is 0.508 e. The van der Waals surface area contributed by atoms with Gasteiger partial charge in [-0.2, -0.15) is 0 Å². The van der Waals surface area contributed by atoms with E-state index in [4.69, 9.17) is 11.6 Å². The number of carbonyl (C=O) groups is 1. The van der Waals surface area contributed by atoms with Crippen LogP contribution in [0.2, 0.25) is 5.02 Å². The van der Waals surface area contributed by atoms with E-state index >= 15 is 0 Å². The fourth-order valence-electron chi connectivity index (χ4n) is 1.18. The van der Waals surface area contributed by atoms with E-state index in [-0.39, 0.29) is 22.9 Å². The summed E-state index contributed by atoms with van der Waals surface area (Å²) in [5.74, 6) is -0.443. The third kappa shape index (κ3) is 3.91. The van der Waals surface area contributed by atoms with Gasteiger partial charge in [0.1, 0.15) is 5.75 Å².